The molecule has 1 unspecified atom stereocenters. The van der Waals surface area contributed by atoms with Crippen LogP contribution in [0.25, 0.3) is 0 Å². The van der Waals surface area contributed by atoms with Crippen LogP contribution >= 0.6 is 0 Å². The van der Waals surface area contributed by atoms with E-state index in [1.807, 2.05) is 0 Å². The molecular formula is C11H20F2N2. The third-order valence-corrected chi connectivity index (χ3v) is 3.47. The van der Waals surface area contributed by atoms with Crippen molar-refractivity contribution in [1.82, 2.24) is 10.2 Å². The quantitative estimate of drug-likeness (QED) is 0.759. The van der Waals surface area contributed by atoms with Gasteiger partial charge < -0.3 is 10.2 Å². The predicted molar refractivity (Wildman–Crippen MR) is 56.2 cm³/mol. The number of halogens is 2. The molecule has 1 saturated heterocycles. The second-order valence-corrected chi connectivity index (χ2v) is 4.87. The molecule has 88 valence electrons. The molecule has 1 saturated carbocycles. The van der Waals surface area contributed by atoms with Gasteiger partial charge >= 0.3 is 0 Å². The highest BCUT2D eigenvalue weighted by Gasteiger charge is 2.36. The molecule has 2 aliphatic rings. The molecule has 0 aromatic heterocycles. The molecule has 15 heavy (non-hydrogen) atoms. The Bertz CT molecular complexity index is 203. The van der Waals surface area contributed by atoms with Crippen LogP contribution in [0.4, 0.5) is 8.78 Å². The molecule has 0 aromatic rings. The van der Waals surface area contributed by atoms with Crippen LogP contribution in [-0.4, -0.2) is 43.5 Å². The van der Waals surface area contributed by atoms with Crippen LogP contribution < -0.4 is 5.32 Å². The Labute approximate surface area is 90.0 Å². The summed E-state index contributed by atoms with van der Waals surface area (Å²) in [4.78, 5) is 2.32. The van der Waals surface area contributed by atoms with Gasteiger partial charge in [0.2, 0.25) is 5.92 Å². The Balaban J connectivity index is 1.78. The first-order chi connectivity index (χ1) is 7.16. The molecule has 2 rings (SSSR count). The summed E-state index contributed by atoms with van der Waals surface area (Å²) in [5.41, 5.74) is 0. The lowest BCUT2D eigenvalue weighted by Crippen LogP contribution is -2.46. The zero-order valence-electron chi connectivity index (χ0n) is 9.14. The summed E-state index contributed by atoms with van der Waals surface area (Å²) >= 11 is 0. The molecule has 2 fully saturated rings. The fraction of sp³-hybridized carbons (Fsp3) is 1.00. The van der Waals surface area contributed by atoms with E-state index in [2.05, 4.69) is 10.2 Å². The number of rotatable bonds is 2. The van der Waals surface area contributed by atoms with Crippen LogP contribution in [0.2, 0.25) is 0 Å². The van der Waals surface area contributed by atoms with Crippen molar-refractivity contribution in [2.75, 3.05) is 32.7 Å². The smallest absolute Gasteiger partial charge is 0.248 e. The largest absolute Gasteiger partial charge is 0.314 e. The van der Waals surface area contributed by atoms with E-state index in [1.165, 1.54) is 0 Å². The summed E-state index contributed by atoms with van der Waals surface area (Å²) in [6.45, 7) is 4.91. The molecule has 0 aromatic carbocycles. The summed E-state index contributed by atoms with van der Waals surface area (Å²) in [7, 11) is 0. The highest BCUT2D eigenvalue weighted by atomic mass is 19.3. The van der Waals surface area contributed by atoms with Crippen LogP contribution in [0.15, 0.2) is 0 Å². The van der Waals surface area contributed by atoms with Gasteiger partial charge in [0.1, 0.15) is 0 Å². The Kier molecular flexibility index (Phi) is 3.57. The molecule has 0 radical (unpaired) electrons. The van der Waals surface area contributed by atoms with Gasteiger partial charge in [-0.1, -0.05) is 0 Å². The molecule has 0 bridgehead atoms. The van der Waals surface area contributed by atoms with Crippen molar-refractivity contribution in [3.63, 3.8) is 0 Å². The van der Waals surface area contributed by atoms with E-state index in [4.69, 9.17) is 0 Å². The van der Waals surface area contributed by atoms with Crippen LogP contribution in [0.3, 0.4) is 0 Å². The fourth-order valence-corrected chi connectivity index (χ4v) is 2.69. The molecule has 0 spiro atoms. The minimum Gasteiger partial charge on any atom is -0.314 e. The number of piperazine rings is 1. The molecular weight excluding hydrogens is 198 g/mol. The highest BCUT2D eigenvalue weighted by molar-refractivity contribution is 4.81. The van der Waals surface area contributed by atoms with E-state index in [-0.39, 0.29) is 18.8 Å². The fourth-order valence-electron chi connectivity index (χ4n) is 2.69. The summed E-state index contributed by atoms with van der Waals surface area (Å²) in [5, 5.41) is 3.28. The van der Waals surface area contributed by atoms with Gasteiger partial charge in [-0.15, -0.1) is 0 Å². The summed E-state index contributed by atoms with van der Waals surface area (Å²) < 4.78 is 26.4. The van der Waals surface area contributed by atoms with E-state index in [0.29, 0.717) is 6.42 Å². The lowest BCUT2D eigenvalue weighted by molar-refractivity contribution is -0.0572. The van der Waals surface area contributed by atoms with Crippen molar-refractivity contribution in [3.8, 4) is 0 Å². The first kappa shape index (κ1) is 11.3. The van der Waals surface area contributed by atoms with Gasteiger partial charge in [0.05, 0.1) is 0 Å². The number of hydrogen-bond acceptors (Lipinski definition) is 2. The summed E-state index contributed by atoms with van der Waals surface area (Å²) in [5.74, 6) is -2.18. The monoisotopic (exact) mass is 218 g/mol. The minimum atomic E-state index is -2.39. The predicted octanol–water partition coefficient (Wildman–Crippen LogP) is 1.72. The third-order valence-electron chi connectivity index (χ3n) is 3.47. The Hall–Kier alpha value is -0.220. The van der Waals surface area contributed by atoms with Gasteiger partial charge in [-0.3, -0.25) is 0 Å². The van der Waals surface area contributed by atoms with E-state index in [1.54, 1.807) is 0 Å². The van der Waals surface area contributed by atoms with Gasteiger partial charge in [-0.25, -0.2) is 8.78 Å². The topological polar surface area (TPSA) is 15.3 Å². The van der Waals surface area contributed by atoms with Gasteiger partial charge in [-0.2, -0.15) is 0 Å². The van der Waals surface area contributed by atoms with Crippen LogP contribution in [0.5, 0.6) is 0 Å². The van der Waals surface area contributed by atoms with Gasteiger partial charge in [-0.05, 0) is 18.8 Å². The number of alkyl halides is 2. The van der Waals surface area contributed by atoms with E-state index >= 15 is 0 Å². The normalized spacial score (nSPS) is 32.8. The third kappa shape index (κ3) is 3.38. The number of nitrogens with zero attached hydrogens (tertiary/aromatic N) is 1. The zero-order valence-corrected chi connectivity index (χ0v) is 9.14. The van der Waals surface area contributed by atoms with Crippen molar-refractivity contribution in [3.05, 3.63) is 0 Å². The highest BCUT2D eigenvalue weighted by Crippen LogP contribution is 2.36. The summed E-state index contributed by atoms with van der Waals surface area (Å²) in [6.07, 6.45) is 1.89. The first-order valence-corrected chi connectivity index (χ1v) is 5.97. The molecule has 1 N–H and O–H groups in total. The van der Waals surface area contributed by atoms with E-state index in [9.17, 15) is 8.78 Å². The lowest BCUT2D eigenvalue weighted by Gasteiger charge is -2.34. The van der Waals surface area contributed by atoms with Gasteiger partial charge in [0.25, 0.3) is 0 Å². The minimum absolute atomic E-state index is 0.102. The second-order valence-electron chi connectivity index (χ2n) is 4.87. The van der Waals surface area contributed by atoms with Crippen LogP contribution in [0, 0.1) is 5.92 Å². The lowest BCUT2D eigenvalue weighted by atomic mass is 9.86. The average molecular weight is 218 g/mol. The van der Waals surface area contributed by atoms with Crippen LogP contribution in [0.1, 0.15) is 25.7 Å². The maximum atomic E-state index is 13.2. The van der Waals surface area contributed by atoms with Gasteiger partial charge in [0.15, 0.2) is 0 Å². The average Bonchev–Trinajstić information content (AvgIpc) is 2.17. The van der Waals surface area contributed by atoms with Crippen LogP contribution in [-0.2, 0) is 0 Å². The Morgan fingerprint density at radius 3 is 2.67 bits per heavy atom. The molecule has 0 amide bonds. The van der Waals surface area contributed by atoms with Crippen molar-refractivity contribution in [2.24, 2.45) is 5.92 Å². The first-order valence-electron chi connectivity index (χ1n) is 5.97. The second kappa shape index (κ2) is 4.74. The van der Waals surface area contributed by atoms with E-state index < -0.39 is 5.92 Å². The molecule has 2 nitrogen and oxygen atoms in total. The molecule has 1 aliphatic heterocycles. The van der Waals surface area contributed by atoms with E-state index in [0.717, 1.165) is 39.1 Å². The standard InChI is InChI=1S/C11H20F2N2/c12-11(13)3-1-2-10(8-11)9-15-6-4-14-5-7-15/h10,14H,1-9H2. The number of nitrogens with one attached hydrogen (secondary N) is 1. The zero-order chi connectivity index (χ0) is 10.7. The molecule has 4 heteroatoms. The Morgan fingerprint density at radius 2 is 2.00 bits per heavy atom. The molecule has 1 atom stereocenters. The SMILES string of the molecule is FC1(F)CCCC(CN2CCNCC2)C1. The van der Waals surface area contributed by atoms with Crippen molar-refractivity contribution < 1.29 is 8.78 Å². The Morgan fingerprint density at radius 1 is 1.27 bits per heavy atom. The summed E-state index contributed by atoms with van der Waals surface area (Å²) in [6, 6.07) is 0. The molecule has 1 aliphatic carbocycles. The van der Waals surface area contributed by atoms with Crippen molar-refractivity contribution in [2.45, 2.75) is 31.6 Å². The van der Waals surface area contributed by atoms with Crippen molar-refractivity contribution >= 4 is 0 Å². The van der Waals surface area contributed by atoms with Crippen molar-refractivity contribution in [1.29, 1.82) is 0 Å². The maximum absolute atomic E-state index is 13.2. The van der Waals surface area contributed by atoms with Gasteiger partial charge in [0, 0.05) is 45.6 Å². The maximum Gasteiger partial charge on any atom is 0.248 e. The molecule has 1 heterocycles. The number of hydrogen-bond donors (Lipinski definition) is 1.